The van der Waals surface area contributed by atoms with Crippen molar-refractivity contribution in [3.8, 4) is 10.4 Å². The van der Waals surface area contributed by atoms with Crippen LogP contribution in [0.15, 0.2) is 23.8 Å². The predicted molar refractivity (Wildman–Crippen MR) is 103 cm³/mol. The molecular weight excluding hydrogens is 366 g/mol. The number of likely N-dealkylation sites (tertiary alicyclic amines) is 1. The molecule has 1 N–H and O–H groups in total. The molecule has 1 aliphatic rings. The Kier molecular flexibility index (Phi) is 5.55. The summed E-state index contributed by atoms with van der Waals surface area (Å²) in [4.78, 5) is 25.8. The molecule has 0 spiro atoms. The first-order chi connectivity index (χ1) is 12.7. The maximum atomic E-state index is 12.1. The number of rotatable bonds is 4. The Morgan fingerprint density at radius 1 is 1.33 bits per heavy atom. The number of aromatic carboxylic acids is 1. The van der Waals surface area contributed by atoms with Crippen LogP contribution in [0.4, 0.5) is 4.79 Å². The van der Waals surface area contributed by atoms with Crippen LogP contribution in [0.5, 0.6) is 0 Å². The van der Waals surface area contributed by atoms with Crippen molar-refractivity contribution in [1.82, 2.24) is 14.7 Å². The van der Waals surface area contributed by atoms with Crippen LogP contribution in [-0.2, 0) is 11.3 Å². The zero-order valence-electron chi connectivity index (χ0n) is 15.8. The van der Waals surface area contributed by atoms with Gasteiger partial charge in [0.05, 0.1) is 11.8 Å². The van der Waals surface area contributed by atoms with E-state index in [1.54, 1.807) is 22.5 Å². The molecule has 0 aliphatic carbocycles. The summed E-state index contributed by atoms with van der Waals surface area (Å²) in [7, 11) is 0. The second kappa shape index (κ2) is 7.72. The van der Waals surface area contributed by atoms with E-state index in [2.05, 4.69) is 5.10 Å². The van der Waals surface area contributed by atoms with Crippen molar-refractivity contribution in [2.75, 3.05) is 13.1 Å². The summed E-state index contributed by atoms with van der Waals surface area (Å²) in [5, 5.41) is 15.1. The minimum absolute atomic E-state index is 0.241. The molecule has 27 heavy (non-hydrogen) atoms. The van der Waals surface area contributed by atoms with Crippen molar-refractivity contribution in [2.24, 2.45) is 5.92 Å². The van der Waals surface area contributed by atoms with Crippen LogP contribution in [-0.4, -0.2) is 50.5 Å². The molecule has 1 amide bonds. The molecule has 2 aromatic heterocycles. The van der Waals surface area contributed by atoms with Crippen LogP contribution < -0.4 is 0 Å². The fraction of sp³-hybridized carbons (Fsp3) is 0.526. The van der Waals surface area contributed by atoms with Gasteiger partial charge in [-0.05, 0) is 45.6 Å². The highest BCUT2D eigenvalue weighted by Gasteiger charge is 2.27. The highest BCUT2D eigenvalue weighted by Crippen LogP contribution is 2.28. The van der Waals surface area contributed by atoms with Gasteiger partial charge >= 0.3 is 12.1 Å². The number of piperidine rings is 1. The molecule has 146 valence electrons. The third-order valence-corrected chi connectivity index (χ3v) is 5.45. The normalized spacial score (nSPS) is 15.7. The summed E-state index contributed by atoms with van der Waals surface area (Å²) in [5.41, 5.74) is 0.762. The topological polar surface area (TPSA) is 84.7 Å². The molecule has 3 rings (SSSR count). The first kappa shape index (κ1) is 19.4. The number of ether oxygens (including phenoxy) is 1. The molecule has 7 nitrogen and oxygen atoms in total. The number of carbonyl (C=O) groups is 2. The van der Waals surface area contributed by atoms with Gasteiger partial charge in [0.1, 0.15) is 5.60 Å². The summed E-state index contributed by atoms with van der Waals surface area (Å²) in [6.45, 7) is 7.81. The summed E-state index contributed by atoms with van der Waals surface area (Å²) < 4.78 is 7.34. The van der Waals surface area contributed by atoms with Gasteiger partial charge in [-0.3, -0.25) is 4.68 Å². The first-order valence-corrected chi connectivity index (χ1v) is 9.92. The Morgan fingerprint density at radius 3 is 2.63 bits per heavy atom. The van der Waals surface area contributed by atoms with Crippen molar-refractivity contribution in [3.05, 3.63) is 29.4 Å². The zero-order chi connectivity index (χ0) is 19.6. The fourth-order valence-electron chi connectivity index (χ4n) is 3.08. The van der Waals surface area contributed by atoms with Gasteiger partial charge in [0.25, 0.3) is 0 Å². The molecular formula is C19H25N3O4S. The van der Waals surface area contributed by atoms with Crippen molar-refractivity contribution in [3.63, 3.8) is 0 Å². The largest absolute Gasteiger partial charge is 0.478 e. The number of amides is 1. The highest BCUT2D eigenvalue weighted by atomic mass is 32.1. The van der Waals surface area contributed by atoms with Crippen LogP contribution in [0.25, 0.3) is 10.4 Å². The Bertz CT molecular complexity index is 813. The second-order valence-corrected chi connectivity index (χ2v) is 8.78. The molecule has 0 aromatic carbocycles. The number of aromatic nitrogens is 2. The zero-order valence-corrected chi connectivity index (χ0v) is 16.7. The Balaban J connectivity index is 1.53. The van der Waals surface area contributed by atoms with E-state index in [1.807, 2.05) is 31.6 Å². The standard InChI is InChI=1S/C19H25N3O4S/c1-19(2,3)26-18(25)21-6-4-13(5-7-21)10-22-11-15(9-20-22)16-8-14(12-27-16)17(23)24/h8-9,11-13H,4-7,10H2,1-3H3,(H,23,24). The molecule has 0 saturated carbocycles. The number of hydrogen-bond acceptors (Lipinski definition) is 5. The predicted octanol–water partition coefficient (Wildman–Crippen LogP) is 3.96. The summed E-state index contributed by atoms with van der Waals surface area (Å²) >= 11 is 1.41. The highest BCUT2D eigenvalue weighted by molar-refractivity contribution is 7.13. The third-order valence-electron chi connectivity index (χ3n) is 4.48. The fourth-order valence-corrected chi connectivity index (χ4v) is 3.94. The van der Waals surface area contributed by atoms with Crippen LogP contribution in [0.1, 0.15) is 44.0 Å². The Hall–Kier alpha value is -2.35. The lowest BCUT2D eigenvalue weighted by atomic mass is 9.97. The van der Waals surface area contributed by atoms with Crippen molar-refractivity contribution in [2.45, 2.75) is 45.8 Å². The maximum absolute atomic E-state index is 12.1. The number of carboxylic acid groups (broad SMARTS) is 1. The van der Waals surface area contributed by atoms with Gasteiger partial charge in [0, 0.05) is 41.7 Å². The van der Waals surface area contributed by atoms with E-state index in [9.17, 15) is 9.59 Å². The Labute approximate surface area is 162 Å². The van der Waals surface area contributed by atoms with E-state index in [-0.39, 0.29) is 6.09 Å². The van der Waals surface area contributed by atoms with E-state index >= 15 is 0 Å². The molecule has 2 aromatic rings. The van der Waals surface area contributed by atoms with E-state index in [1.165, 1.54) is 11.3 Å². The Morgan fingerprint density at radius 2 is 2.04 bits per heavy atom. The first-order valence-electron chi connectivity index (χ1n) is 9.04. The molecule has 1 fully saturated rings. The molecule has 3 heterocycles. The van der Waals surface area contributed by atoms with Gasteiger partial charge in [0.2, 0.25) is 0 Å². The lowest BCUT2D eigenvalue weighted by molar-refractivity contribution is 0.0177. The monoisotopic (exact) mass is 391 g/mol. The van der Waals surface area contributed by atoms with Gasteiger partial charge in [-0.2, -0.15) is 5.10 Å². The molecule has 0 unspecified atom stereocenters. The number of hydrogen-bond donors (Lipinski definition) is 1. The van der Waals surface area contributed by atoms with Gasteiger partial charge in [-0.25, -0.2) is 9.59 Å². The molecule has 0 bridgehead atoms. The smallest absolute Gasteiger partial charge is 0.410 e. The third kappa shape index (κ3) is 5.09. The SMILES string of the molecule is CC(C)(C)OC(=O)N1CCC(Cn2cc(-c3cc(C(=O)O)cs3)cn2)CC1. The molecule has 8 heteroatoms. The molecule has 0 atom stereocenters. The van der Waals surface area contributed by atoms with E-state index in [0.717, 1.165) is 29.8 Å². The van der Waals surface area contributed by atoms with Crippen LogP contribution in [0.2, 0.25) is 0 Å². The lowest BCUT2D eigenvalue weighted by Crippen LogP contribution is -2.42. The average Bonchev–Trinajstić information content (AvgIpc) is 3.23. The summed E-state index contributed by atoms with van der Waals surface area (Å²) in [6, 6.07) is 1.67. The number of thiophene rings is 1. The molecule has 0 radical (unpaired) electrons. The van der Waals surface area contributed by atoms with Crippen LogP contribution in [0, 0.1) is 5.92 Å². The van der Waals surface area contributed by atoms with E-state index < -0.39 is 11.6 Å². The van der Waals surface area contributed by atoms with Gasteiger partial charge < -0.3 is 14.7 Å². The van der Waals surface area contributed by atoms with Crippen molar-refractivity contribution < 1.29 is 19.4 Å². The van der Waals surface area contributed by atoms with Crippen LogP contribution >= 0.6 is 11.3 Å². The minimum Gasteiger partial charge on any atom is -0.478 e. The molecule has 1 aliphatic heterocycles. The van der Waals surface area contributed by atoms with Crippen LogP contribution in [0.3, 0.4) is 0 Å². The van der Waals surface area contributed by atoms with Crippen molar-refractivity contribution >= 4 is 23.4 Å². The second-order valence-electron chi connectivity index (χ2n) is 7.87. The number of carboxylic acids is 1. The lowest BCUT2D eigenvalue weighted by Gasteiger charge is -2.33. The molecule has 1 saturated heterocycles. The van der Waals surface area contributed by atoms with Crippen molar-refractivity contribution in [1.29, 1.82) is 0 Å². The number of nitrogens with zero attached hydrogens (tertiary/aromatic N) is 3. The summed E-state index contributed by atoms with van der Waals surface area (Å²) in [5.74, 6) is -0.462. The van der Waals surface area contributed by atoms with Gasteiger partial charge in [-0.1, -0.05) is 0 Å². The average molecular weight is 391 g/mol. The van der Waals surface area contributed by atoms with E-state index in [4.69, 9.17) is 9.84 Å². The quantitative estimate of drug-likeness (QED) is 0.853. The maximum Gasteiger partial charge on any atom is 0.410 e. The summed E-state index contributed by atoms with van der Waals surface area (Å²) in [6.07, 6.45) is 5.31. The van der Waals surface area contributed by atoms with Gasteiger partial charge in [0.15, 0.2) is 0 Å². The number of carbonyl (C=O) groups excluding carboxylic acids is 1. The van der Waals surface area contributed by atoms with E-state index in [0.29, 0.717) is 24.6 Å². The van der Waals surface area contributed by atoms with Gasteiger partial charge in [-0.15, -0.1) is 11.3 Å². The minimum atomic E-state index is -0.915.